The fourth-order valence-corrected chi connectivity index (χ4v) is 3.42. The van der Waals surface area contributed by atoms with Crippen LogP contribution < -0.4 is 0 Å². The van der Waals surface area contributed by atoms with E-state index in [9.17, 15) is 0 Å². The minimum absolute atomic E-state index is 0.0137. The third-order valence-corrected chi connectivity index (χ3v) is 4.59. The summed E-state index contributed by atoms with van der Waals surface area (Å²) in [5.41, 5.74) is 0.556. The van der Waals surface area contributed by atoms with Crippen molar-refractivity contribution in [1.29, 1.82) is 0 Å². The normalized spacial score (nSPS) is 24.0. The van der Waals surface area contributed by atoms with Crippen LogP contribution in [0.1, 0.15) is 24.9 Å². The summed E-state index contributed by atoms with van der Waals surface area (Å²) in [5, 5.41) is 8.51. The van der Waals surface area contributed by atoms with Crippen molar-refractivity contribution >= 4 is 34.2 Å². The van der Waals surface area contributed by atoms with Crippen molar-refractivity contribution < 1.29 is 13.9 Å². The van der Waals surface area contributed by atoms with Crippen molar-refractivity contribution in [2.45, 2.75) is 31.7 Å². The molecule has 0 spiro atoms. The number of nitrogens with one attached hydrogen (secondary N) is 1. The summed E-state index contributed by atoms with van der Waals surface area (Å²) in [6.45, 7) is 2.53. The minimum Gasteiger partial charge on any atom is -0.454 e. The summed E-state index contributed by atoms with van der Waals surface area (Å²) >= 11 is 12.3. The first-order valence-corrected chi connectivity index (χ1v) is 8.40. The van der Waals surface area contributed by atoms with Crippen molar-refractivity contribution in [1.82, 2.24) is 15.2 Å². The van der Waals surface area contributed by atoms with E-state index in [2.05, 4.69) is 15.2 Å². The number of hydrogen-bond donors (Lipinski definition) is 1. The van der Waals surface area contributed by atoms with Crippen LogP contribution in [-0.2, 0) is 21.7 Å². The molecule has 1 fully saturated rings. The van der Waals surface area contributed by atoms with Crippen molar-refractivity contribution in [3.8, 4) is 0 Å². The molecule has 6 nitrogen and oxygen atoms in total. The Bertz CT molecular complexity index is 865. The highest BCUT2D eigenvalue weighted by Crippen LogP contribution is 2.41. The summed E-state index contributed by atoms with van der Waals surface area (Å²) in [6.07, 6.45) is 2.63. The van der Waals surface area contributed by atoms with E-state index in [0.29, 0.717) is 40.2 Å². The van der Waals surface area contributed by atoms with Crippen LogP contribution in [0.4, 0.5) is 0 Å². The lowest BCUT2D eigenvalue weighted by Gasteiger charge is -2.24. The van der Waals surface area contributed by atoms with Gasteiger partial charge in [-0.05, 0) is 24.6 Å². The predicted molar refractivity (Wildman–Crippen MR) is 89.1 cm³/mol. The van der Waals surface area contributed by atoms with Gasteiger partial charge in [0.15, 0.2) is 11.3 Å². The van der Waals surface area contributed by atoms with E-state index in [0.717, 1.165) is 11.8 Å². The van der Waals surface area contributed by atoms with Crippen molar-refractivity contribution in [3.05, 3.63) is 46.2 Å². The number of benzene rings is 1. The van der Waals surface area contributed by atoms with Crippen molar-refractivity contribution in [3.63, 3.8) is 0 Å². The van der Waals surface area contributed by atoms with Gasteiger partial charge in [-0.25, -0.2) is 4.98 Å². The summed E-state index contributed by atoms with van der Waals surface area (Å²) in [7, 11) is 0. The molecule has 0 unspecified atom stereocenters. The molecule has 2 aromatic heterocycles. The topological polar surface area (TPSA) is 73.2 Å². The molecule has 3 heterocycles. The Kier molecular flexibility index (Phi) is 4.00. The Morgan fingerprint density at radius 2 is 2.21 bits per heavy atom. The SMILES string of the molecule is CC[C@@H]1CO[C@](Cc2ncn[nH]2)(c2cc3cc(Cl)cc(Cl)c3o2)O1. The van der Waals surface area contributed by atoms with Gasteiger partial charge in [0.05, 0.1) is 24.2 Å². The highest BCUT2D eigenvalue weighted by molar-refractivity contribution is 6.38. The number of aromatic amines is 1. The molecule has 24 heavy (non-hydrogen) atoms. The van der Waals surface area contributed by atoms with Gasteiger partial charge in [0.25, 0.3) is 0 Å². The number of halogens is 2. The van der Waals surface area contributed by atoms with Crippen LogP contribution in [0, 0.1) is 0 Å². The van der Waals surface area contributed by atoms with Gasteiger partial charge < -0.3 is 13.9 Å². The lowest BCUT2D eigenvalue weighted by molar-refractivity contribution is -0.188. The van der Waals surface area contributed by atoms with Gasteiger partial charge in [-0.1, -0.05) is 30.1 Å². The molecule has 0 saturated carbocycles. The average Bonchev–Trinajstić information content (AvgIpc) is 3.26. The third kappa shape index (κ3) is 2.69. The molecular weight excluding hydrogens is 353 g/mol. The summed E-state index contributed by atoms with van der Waals surface area (Å²) in [6, 6.07) is 5.29. The summed E-state index contributed by atoms with van der Waals surface area (Å²) in [5.74, 6) is 0.125. The molecule has 1 aliphatic rings. The molecule has 4 rings (SSSR count). The van der Waals surface area contributed by atoms with Gasteiger partial charge >= 0.3 is 0 Å². The lowest BCUT2D eigenvalue weighted by Crippen LogP contribution is -2.31. The standard InChI is InChI=1S/C16H15Cl2N3O3/c1-2-11-7-22-16(24-11,6-14-19-8-20-21-14)13-4-9-3-10(17)5-12(18)15(9)23-13/h3-5,8,11H,2,6-7H2,1H3,(H,19,20,21)/t11-,16+/m1/s1. The van der Waals surface area contributed by atoms with Crippen LogP contribution in [0.25, 0.3) is 11.0 Å². The van der Waals surface area contributed by atoms with Crippen LogP contribution in [0.5, 0.6) is 0 Å². The fourth-order valence-electron chi connectivity index (χ4n) is 2.87. The number of furan rings is 1. The number of ether oxygens (including phenoxy) is 2. The van der Waals surface area contributed by atoms with E-state index in [1.807, 2.05) is 13.0 Å². The van der Waals surface area contributed by atoms with E-state index < -0.39 is 5.79 Å². The Morgan fingerprint density at radius 3 is 2.92 bits per heavy atom. The van der Waals surface area contributed by atoms with Crippen LogP contribution in [0.15, 0.2) is 28.9 Å². The van der Waals surface area contributed by atoms with Crippen LogP contribution in [0.3, 0.4) is 0 Å². The molecule has 3 aromatic rings. The van der Waals surface area contributed by atoms with E-state index in [4.69, 9.17) is 37.1 Å². The number of aromatic nitrogens is 3. The van der Waals surface area contributed by atoms with E-state index in [1.165, 1.54) is 6.33 Å². The molecule has 0 radical (unpaired) electrons. The molecule has 126 valence electrons. The zero-order valence-corrected chi connectivity index (χ0v) is 14.4. The van der Waals surface area contributed by atoms with E-state index in [-0.39, 0.29) is 6.10 Å². The second-order valence-corrected chi connectivity index (χ2v) is 6.58. The first kappa shape index (κ1) is 15.9. The van der Waals surface area contributed by atoms with Crippen molar-refractivity contribution in [2.24, 2.45) is 0 Å². The summed E-state index contributed by atoms with van der Waals surface area (Å²) < 4.78 is 18.2. The quantitative estimate of drug-likeness (QED) is 0.751. The highest BCUT2D eigenvalue weighted by Gasteiger charge is 2.46. The maximum Gasteiger partial charge on any atom is 0.236 e. The molecule has 8 heteroatoms. The fraction of sp³-hybridized carbons (Fsp3) is 0.375. The zero-order valence-electron chi connectivity index (χ0n) is 12.9. The molecule has 0 aliphatic carbocycles. The Hall–Kier alpha value is -1.60. The number of nitrogens with zero attached hydrogens (tertiary/aromatic N) is 2. The molecule has 1 N–H and O–H groups in total. The van der Waals surface area contributed by atoms with Gasteiger partial charge in [0.2, 0.25) is 5.79 Å². The first-order valence-electron chi connectivity index (χ1n) is 7.65. The maximum atomic E-state index is 6.24. The van der Waals surface area contributed by atoms with E-state index >= 15 is 0 Å². The predicted octanol–water partition coefficient (Wildman–Crippen LogP) is 4.08. The molecule has 1 saturated heterocycles. The Morgan fingerprint density at radius 1 is 1.33 bits per heavy atom. The third-order valence-electron chi connectivity index (χ3n) is 4.09. The highest BCUT2D eigenvalue weighted by atomic mass is 35.5. The summed E-state index contributed by atoms with van der Waals surface area (Å²) in [4.78, 5) is 4.17. The smallest absolute Gasteiger partial charge is 0.236 e. The molecule has 0 amide bonds. The molecule has 1 aromatic carbocycles. The number of fused-ring (bicyclic) bond motifs is 1. The van der Waals surface area contributed by atoms with Gasteiger partial charge in [0, 0.05) is 10.4 Å². The Labute approximate surface area is 148 Å². The molecule has 1 aliphatic heterocycles. The zero-order chi connectivity index (χ0) is 16.7. The largest absolute Gasteiger partial charge is 0.454 e. The second kappa shape index (κ2) is 6.04. The molecular formula is C16H15Cl2N3O3. The molecule has 2 atom stereocenters. The van der Waals surface area contributed by atoms with Gasteiger partial charge in [-0.3, -0.25) is 5.10 Å². The van der Waals surface area contributed by atoms with Gasteiger partial charge in [-0.15, -0.1) is 0 Å². The monoisotopic (exact) mass is 367 g/mol. The van der Waals surface area contributed by atoms with Crippen molar-refractivity contribution in [2.75, 3.05) is 6.61 Å². The van der Waals surface area contributed by atoms with Gasteiger partial charge in [-0.2, -0.15) is 5.10 Å². The lowest BCUT2D eigenvalue weighted by atomic mass is 10.1. The average molecular weight is 368 g/mol. The van der Waals surface area contributed by atoms with Crippen LogP contribution >= 0.6 is 23.2 Å². The van der Waals surface area contributed by atoms with Gasteiger partial charge in [0.1, 0.15) is 12.2 Å². The maximum absolute atomic E-state index is 6.24. The molecule has 0 bridgehead atoms. The number of H-pyrrole nitrogens is 1. The number of hydrogen-bond acceptors (Lipinski definition) is 5. The van der Waals surface area contributed by atoms with Crippen LogP contribution in [0.2, 0.25) is 10.0 Å². The minimum atomic E-state index is -1.06. The van der Waals surface area contributed by atoms with Crippen LogP contribution in [-0.4, -0.2) is 27.9 Å². The first-order chi connectivity index (χ1) is 11.6. The van der Waals surface area contributed by atoms with E-state index in [1.54, 1.807) is 12.1 Å². The second-order valence-electron chi connectivity index (χ2n) is 5.74. The Balaban J connectivity index is 1.80. The number of rotatable bonds is 4.